The predicted molar refractivity (Wildman–Crippen MR) is 117 cm³/mol. The number of hydrogen-bond donors (Lipinski definition) is 2. The minimum Gasteiger partial charge on any atom is -0.396 e. The molecule has 160 valence electrons. The van der Waals surface area contributed by atoms with Crippen LogP contribution in [0.4, 0.5) is 0 Å². The van der Waals surface area contributed by atoms with E-state index in [0.717, 1.165) is 49.6 Å². The van der Waals surface area contributed by atoms with Gasteiger partial charge in [-0.1, -0.05) is 6.08 Å². The van der Waals surface area contributed by atoms with Gasteiger partial charge in [0, 0.05) is 26.3 Å². The van der Waals surface area contributed by atoms with Crippen LogP contribution < -0.4 is 17.1 Å². The van der Waals surface area contributed by atoms with Crippen molar-refractivity contribution < 1.29 is 10.2 Å². The summed E-state index contributed by atoms with van der Waals surface area (Å²) in [5.41, 5.74) is -1.75. The van der Waals surface area contributed by atoms with Crippen LogP contribution in [0.1, 0.15) is 25.7 Å². The van der Waals surface area contributed by atoms with Crippen LogP contribution in [0.15, 0.2) is 27.0 Å². The molecule has 0 aliphatic rings. The zero-order valence-corrected chi connectivity index (χ0v) is 17.9. The number of nitrogens with zero attached hydrogens (tertiary/aromatic N) is 3. The second-order valence-electron chi connectivity index (χ2n) is 6.14. The third kappa shape index (κ3) is 8.02. The summed E-state index contributed by atoms with van der Waals surface area (Å²) in [4.78, 5) is 37.8. The zero-order valence-electron chi connectivity index (χ0n) is 16.3. The van der Waals surface area contributed by atoms with E-state index >= 15 is 0 Å². The summed E-state index contributed by atoms with van der Waals surface area (Å²) in [6, 6.07) is 0. The standard InChI is InChI=1S/C18H31N3O5S2/c1-2-7-19-16(24)20(8-3-12-27-14-5-10-22)18(26)21(17(19)25)9-4-13-28-15-6-11-23/h2,22-23H,1,3-15H2. The lowest BCUT2D eigenvalue weighted by Crippen LogP contribution is -2.54. The minimum atomic E-state index is -0.594. The second kappa shape index (κ2) is 14.7. The molecule has 0 unspecified atom stereocenters. The fraction of sp³-hybridized carbons (Fsp3) is 0.722. The molecule has 0 amide bonds. The number of hydrogen-bond acceptors (Lipinski definition) is 7. The van der Waals surface area contributed by atoms with E-state index in [4.69, 9.17) is 10.2 Å². The van der Waals surface area contributed by atoms with Crippen LogP contribution in [0.2, 0.25) is 0 Å². The highest BCUT2D eigenvalue weighted by atomic mass is 32.2. The first kappa shape index (κ1) is 24.8. The number of allylic oxidation sites excluding steroid dienone is 1. The lowest BCUT2D eigenvalue weighted by Gasteiger charge is -2.13. The quantitative estimate of drug-likeness (QED) is 0.286. The summed E-state index contributed by atoms with van der Waals surface area (Å²) < 4.78 is 3.32. The maximum absolute atomic E-state index is 12.7. The van der Waals surface area contributed by atoms with Gasteiger partial charge in [-0.2, -0.15) is 23.5 Å². The molecular formula is C18H31N3O5S2. The highest BCUT2D eigenvalue weighted by Gasteiger charge is 2.14. The molecule has 0 aromatic carbocycles. The molecule has 1 heterocycles. The molecule has 0 atom stereocenters. The van der Waals surface area contributed by atoms with Crippen LogP contribution in [0.25, 0.3) is 0 Å². The van der Waals surface area contributed by atoms with Gasteiger partial charge < -0.3 is 10.2 Å². The van der Waals surface area contributed by atoms with Crippen LogP contribution in [0.5, 0.6) is 0 Å². The van der Waals surface area contributed by atoms with Gasteiger partial charge in [0.15, 0.2) is 0 Å². The molecule has 1 rings (SSSR count). The normalized spacial score (nSPS) is 11.1. The Balaban J connectivity index is 2.88. The largest absolute Gasteiger partial charge is 0.396 e. The van der Waals surface area contributed by atoms with E-state index in [-0.39, 0.29) is 32.8 Å². The number of aliphatic hydroxyl groups is 2. The Morgan fingerprint density at radius 2 is 1.11 bits per heavy atom. The molecule has 0 fully saturated rings. The Bertz CT molecular complexity index is 703. The van der Waals surface area contributed by atoms with Gasteiger partial charge in [-0.15, -0.1) is 6.58 Å². The minimum absolute atomic E-state index is 0.0639. The molecule has 0 saturated carbocycles. The van der Waals surface area contributed by atoms with Gasteiger partial charge in [-0.3, -0.25) is 0 Å². The summed E-state index contributed by atoms with van der Waals surface area (Å²) in [6.45, 7) is 4.47. The van der Waals surface area contributed by atoms with E-state index in [1.54, 1.807) is 23.5 Å². The third-order valence-electron chi connectivity index (χ3n) is 3.93. The van der Waals surface area contributed by atoms with Gasteiger partial charge in [0.2, 0.25) is 0 Å². The average molecular weight is 434 g/mol. The van der Waals surface area contributed by atoms with Gasteiger partial charge in [0.1, 0.15) is 0 Å². The molecule has 1 aromatic heterocycles. The Morgan fingerprint density at radius 1 is 0.714 bits per heavy atom. The van der Waals surface area contributed by atoms with Crippen molar-refractivity contribution in [1.29, 1.82) is 0 Å². The highest BCUT2D eigenvalue weighted by Crippen LogP contribution is 2.05. The molecule has 0 spiro atoms. The van der Waals surface area contributed by atoms with Crippen molar-refractivity contribution in [3.63, 3.8) is 0 Å². The zero-order chi connectivity index (χ0) is 20.8. The summed E-state index contributed by atoms with van der Waals surface area (Å²) in [7, 11) is 0. The molecule has 0 aliphatic carbocycles. The number of aliphatic hydroxyl groups excluding tert-OH is 2. The van der Waals surface area contributed by atoms with Crippen molar-refractivity contribution in [3.8, 4) is 0 Å². The smallest absolute Gasteiger partial charge is 0.336 e. The molecule has 0 bridgehead atoms. The Morgan fingerprint density at radius 3 is 1.50 bits per heavy atom. The van der Waals surface area contributed by atoms with E-state index in [1.807, 2.05) is 0 Å². The van der Waals surface area contributed by atoms with Crippen LogP contribution in [0, 0.1) is 0 Å². The summed E-state index contributed by atoms with van der Waals surface area (Å²) >= 11 is 3.33. The van der Waals surface area contributed by atoms with E-state index in [0.29, 0.717) is 12.8 Å². The van der Waals surface area contributed by atoms with E-state index < -0.39 is 17.1 Å². The molecule has 0 aliphatic heterocycles. The van der Waals surface area contributed by atoms with Crippen LogP contribution >= 0.6 is 23.5 Å². The first-order valence-electron chi connectivity index (χ1n) is 9.51. The Hall–Kier alpha value is -1.23. The molecule has 28 heavy (non-hydrogen) atoms. The first-order chi connectivity index (χ1) is 13.6. The van der Waals surface area contributed by atoms with Crippen molar-refractivity contribution >= 4 is 23.5 Å². The van der Waals surface area contributed by atoms with Crippen molar-refractivity contribution in [2.75, 3.05) is 36.2 Å². The molecule has 2 N–H and O–H groups in total. The van der Waals surface area contributed by atoms with Crippen molar-refractivity contribution in [2.45, 2.75) is 45.3 Å². The Labute approximate surface area is 173 Å². The summed E-state index contributed by atoms with van der Waals surface area (Å²) in [6.07, 6.45) is 4.18. The SMILES string of the molecule is C=CCn1c(=O)n(CCCSCCCO)c(=O)n(CCCSCCCO)c1=O. The summed E-state index contributed by atoms with van der Waals surface area (Å²) in [5.74, 6) is 3.21. The first-order valence-corrected chi connectivity index (χ1v) is 11.8. The molecule has 8 nitrogen and oxygen atoms in total. The lowest BCUT2D eigenvalue weighted by atomic mass is 10.4. The van der Waals surface area contributed by atoms with Gasteiger partial charge in [0.05, 0.1) is 6.54 Å². The highest BCUT2D eigenvalue weighted by molar-refractivity contribution is 7.99. The third-order valence-corrected chi connectivity index (χ3v) is 6.24. The summed E-state index contributed by atoms with van der Waals surface area (Å²) in [5, 5.41) is 17.6. The topological polar surface area (TPSA) is 106 Å². The molecular weight excluding hydrogens is 402 g/mol. The number of thioether (sulfide) groups is 2. The monoisotopic (exact) mass is 433 g/mol. The lowest BCUT2D eigenvalue weighted by molar-refractivity contribution is 0.296. The Kier molecular flexibility index (Phi) is 13.0. The van der Waals surface area contributed by atoms with Crippen molar-refractivity contribution in [3.05, 3.63) is 44.1 Å². The van der Waals surface area contributed by atoms with Gasteiger partial charge in [-0.25, -0.2) is 28.1 Å². The second-order valence-corrected chi connectivity index (χ2v) is 8.59. The maximum Gasteiger partial charge on any atom is 0.336 e. The van der Waals surface area contributed by atoms with Crippen molar-refractivity contribution in [2.24, 2.45) is 0 Å². The molecule has 10 heteroatoms. The molecule has 1 aromatic rings. The average Bonchev–Trinajstić information content (AvgIpc) is 2.69. The molecule has 0 saturated heterocycles. The number of rotatable bonds is 16. The predicted octanol–water partition coefficient (Wildman–Crippen LogP) is 0.369. The maximum atomic E-state index is 12.7. The molecule has 0 radical (unpaired) electrons. The fourth-order valence-electron chi connectivity index (χ4n) is 2.54. The van der Waals surface area contributed by atoms with E-state index in [1.165, 1.54) is 6.08 Å². The van der Waals surface area contributed by atoms with Gasteiger partial charge in [0.25, 0.3) is 0 Å². The van der Waals surface area contributed by atoms with Crippen LogP contribution in [-0.2, 0) is 19.6 Å². The fourth-order valence-corrected chi connectivity index (χ4v) is 4.28. The van der Waals surface area contributed by atoms with E-state index in [2.05, 4.69) is 6.58 Å². The van der Waals surface area contributed by atoms with Gasteiger partial charge in [-0.05, 0) is 48.7 Å². The van der Waals surface area contributed by atoms with Gasteiger partial charge >= 0.3 is 17.1 Å². The van der Waals surface area contributed by atoms with Crippen LogP contribution in [-0.4, -0.2) is 60.1 Å². The van der Waals surface area contributed by atoms with Crippen LogP contribution in [0.3, 0.4) is 0 Å². The van der Waals surface area contributed by atoms with Crippen molar-refractivity contribution in [1.82, 2.24) is 13.7 Å². The van der Waals surface area contributed by atoms with E-state index in [9.17, 15) is 14.4 Å². The number of aromatic nitrogens is 3.